The molecule has 0 radical (unpaired) electrons. The smallest absolute Gasteiger partial charge is 0.106 e. The van der Waals surface area contributed by atoms with Crippen molar-refractivity contribution in [2.45, 2.75) is 0 Å². The first-order valence-electron chi connectivity index (χ1n) is 5.10. The number of nitrogens with two attached hydrogens (primary N) is 1. The van der Waals surface area contributed by atoms with Gasteiger partial charge in [-0.25, -0.2) is 0 Å². The summed E-state index contributed by atoms with van der Waals surface area (Å²) < 4.78 is 0. The summed E-state index contributed by atoms with van der Waals surface area (Å²) in [6.45, 7) is 2.09. The van der Waals surface area contributed by atoms with Crippen molar-refractivity contribution in [2.24, 2.45) is 5.73 Å². The van der Waals surface area contributed by atoms with Gasteiger partial charge in [0.1, 0.15) is 4.99 Å². The zero-order valence-corrected chi connectivity index (χ0v) is 11.2. The van der Waals surface area contributed by atoms with Crippen molar-refractivity contribution in [1.29, 1.82) is 0 Å². The van der Waals surface area contributed by atoms with Gasteiger partial charge in [-0.3, -0.25) is 0 Å². The molecule has 0 bridgehead atoms. The molecule has 1 aromatic carbocycles. The molecule has 0 spiro atoms. The highest BCUT2D eigenvalue weighted by Gasteiger charge is 2.15. The van der Waals surface area contributed by atoms with Crippen molar-refractivity contribution < 1.29 is 0 Å². The Hall–Kier alpha value is -0.450. The number of benzene rings is 1. The molecular weight excluding hydrogens is 260 g/mol. The number of thioether (sulfide) groups is 1. The van der Waals surface area contributed by atoms with Gasteiger partial charge < -0.3 is 10.6 Å². The SMILES string of the molecule is NC(=S)c1cc(Cl)ccc1N1CCSCC1. The number of thiocarbonyl (C=S) groups is 1. The second kappa shape index (κ2) is 5.25. The number of nitrogens with zero attached hydrogens (tertiary/aromatic N) is 1. The highest BCUT2D eigenvalue weighted by molar-refractivity contribution is 7.99. The lowest BCUT2D eigenvalue weighted by atomic mass is 10.1. The minimum atomic E-state index is 0.413. The maximum Gasteiger partial charge on any atom is 0.106 e. The predicted molar refractivity (Wildman–Crippen MR) is 76.9 cm³/mol. The van der Waals surface area contributed by atoms with Crippen LogP contribution in [0, 0.1) is 0 Å². The Kier molecular flexibility index (Phi) is 3.95. The van der Waals surface area contributed by atoms with Gasteiger partial charge in [-0.2, -0.15) is 11.8 Å². The van der Waals surface area contributed by atoms with Crippen LogP contribution >= 0.6 is 35.6 Å². The zero-order chi connectivity index (χ0) is 11.5. The molecule has 1 saturated heterocycles. The summed E-state index contributed by atoms with van der Waals surface area (Å²) in [5, 5.41) is 0.679. The summed E-state index contributed by atoms with van der Waals surface area (Å²) in [5.74, 6) is 2.30. The van der Waals surface area contributed by atoms with E-state index in [1.54, 1.807) is 0 Å². The number of halogens is 1. The van der Waals surface area contributed by atoms with Crippen LogP contribution in [0.2, 0.25) is 5.02 Å². The number of rotatable bonds is 2. The lowest BCUT2D eigenvalue weighted by molar-refractivity contribution is 0.858. The molecule has 0 aliphatic carbocycles. The topological polar surface area (TPSA) is 29.3 Å². The van der Waals surface area contributed by atoms with E-state index in [2.05, 4.69) is 4.90 Å². The highest BCUT2D eigenvalue weighted by atomic mass is 35.5. The van der Waals surface area contributed by atoms with Crippen LogP contribution in [0.4, 0.5) is 5.69 Å². The van der Waals surface area contributed by atoms with Crippen LogP contribution in [0.3, 0.4) is 0 Å². The van der Waals surface area contributed by atoms with Crippen LogP contribution in [-0.4, -0.2) is 29.6 Å². The van der Waals surface area contributed by atoms with Crippen LogP contribution in [0.25, 0.3) is 0 Å². The van der Waals surface area contributed by atoms with E-state index in [0.717, 1.165) is 35.8 Å². The second-order valence-electron chi connectivity index (χ2n) is 3.63. The second-order valence-corrected chi connectivity index (χ2v) is 5.73. The van der Waals surface area contributed by atoms with Crippen molar-refractivity contribution >= 4 is 46.3 Å². The summed E-state index contributed by atoms with van der Waals surface area (Å²) in [6, 6.07) is 5.74. The standard InChI is InChI=1S/C11H13ClN2S2/c12-8-1-2-10(9(7-8)11(13)15)14-3-5-16-6-4-14/h1-2,7H,3-6H2,(H2,13,15). The monoisotopic (exact) mass is 272 g/mol. The van der Waals surface area contributed by atoms with Gasteiger partial charge in [0.25, 0.3) is 0 Å². The number of hydrogen-bond acceptors (Lipinski definition) is 3. The Morgan fingerprint density at radius 2 is 2.06 bits per heavy atom. The first-order chi connectivity index (χ1) is 7.68. The molecule has 2 rings (SSSR count). The predicted octanol–water partition coefficient (Wildman–Crippen LogP) is 2.53. The maximum atomic E-state index is 5.96. The molecule has 0 unspecified atom stereocenters. The van der Waals surface area contributed by atoms with Gasteiger partial charge >= 0.3 is 0 Å². The molecular formula is C11H13ClN2S2. The zero-order valence-electron chi connectivity index (χ0n) is 8.78. The van der Waals surface area contributed by atoms with Crippen LogP contribution in [0.1, 0.15) is 5.56 Å². The van der Waals surface area contributed by atoms with E-state index in [0.29, 0.717) is 10.0 Å². The van der Waals surface area contributed by atoms with Crippen molar-refractivity contribution in [3.8, 4) is 0 Å². The van der Waals surface area contributed by atoms with Crippen molar-refractivity contribution in [3.63, 3.8) is 0 Å². The van der Waals surface area contributed by atoms with E-state index in [4.69, 9.17) is 29.6 Å². The maximum absolute atomic E-state index is 5.96. The summed E-state index contributed by atoms with van der Waals surface area (Å²) in [6.07, 6.45) is 0. The third-order valence-corrected chi connectivity index (χ3v) is 3.97. The Morgan fingerprint density at radius 3 is 2.69 bits per heavy atom. The molecule has 0 atom stereocenters. The average Bonchev–Trinajstić information content (AvgIpc) is 2.30. The Labute approximate surface area is 110 Å². The third-order valence-electron chi connectivity index (χ3n) is 2.58. The molecule has 1 aromatic rings. The molecule has 16 heavy (non-hydrogen) atoms. The fraction of sp³-hybridized carbons (Fsp3) is 0.364. The summed E-state index contributed by atoms with van der Waals surface area (Å²) in [5.41, 5.74) is 7.72. The lowest BCUT2D eigenvalue weighted by Gasteiger charge is -2.30. The fourth-order valence-corrected chi connectivity index (χ4v) is 3.02. The quantitative estimate of drug-likeness (QED) is 0.838. The van der Waals surface area contributed by atoms with E-state index in [-0.39, 0.29) is 0 Å². The first-order valence-corrected chi connectivity index (χ1v) is 7.04. The molecule has 2 N–H and O–H groups in total. The molecule has 1 fully saturated rings. The van der Waals surface area contributed by atoms with Gasteiger partial charge in [0.15, 0.2) is 0 Å². The van der Waals surface area contributed by atoms with Crippen molar-refractivity contribution in [2.75, 3.05) is 29.5 Å². The summed E-state index contributed by atoms with van der Waals surface area (Å²) in [4.78, 5) is 2.73. The fourth-order valence-electron chi connectivity index (χ4n) is 1.79. The van der Waals surface area contributed by atoms with Gasteiger partial charge in [-0.1, -0.05) is 23.8 Å². The van der Waals surface area contributed by atoms with E-state index >= 15 is 0 Å². The summed E-state index contributed by atoms with van der Waals surface area (Å²) >= 11 is 13.0. The molecule has 1 heterocycles. The molecule has 0 saturated carbocycles. The van der Waals surface area contributed by atoms with Gasteiger partial charge in [-0.15, -0.1) is 0 Å². The third kappa shape index (κ3) is 2.62. The minimum Gasteiger partial charge on any atom is -0.389 e. The minimum absolute atomic E-state index is 0.413. The van der Waals surface area contributed by atoms with Crippen LogP contribution in [0.5, 0.6) is 0 Å². The van der Waals surface area contributed by atoms with Gasteiger partial charge in [0, 0.05) is 40.9 Å². The first kappa shape index (κ1) is 12.0. The van der Waals surface area contributed by atoms with E-state index < -0.39 is 0 Å². The van der Waals surface area contributed by atoms with Crippen LogP contribution in [-0.2, 0) is 0 Å². The number of anilines is 1. The molecule has 0 amide bonds. The van der Waals surface area contributed by atoms with Crippen molar-refractivity contribution in [3.05, 3.63) is 28.8 Å². The van der Waals surface area contributed by atoms with Crippen LogP contribution in [0.15, 0.2) is 18.2 Å². The van der Waals surface area contributed by atoms with Gasteiger partial charge in [0.2, 0.25) is 0 Å². The largest absolute Gasteiger partial charge is 0.389 e. The molecule has 1 aliphatic heterocycles. The molecule has 86 valence electrons. The molecule has 1 aliphatic rings. The van der Waals surface area contributed by atoms with E-state index in [1.807, 2.05) is 30.0 Å². The highest BCUT2D eigenvalue weighted by Crippen LogP contribution is 2.26. The molecule has 2 nitrogen and oxygen atoms in total. The molecule has 0 aromatic heterocycles. The van der Waals surface area contributed by atoms with Gasteiger partial charge in [-0.05, 0) is 18.2 Å². The average molecular weight is 273 g/mol. The lowest BCUT2D eigenvalue weighted by Crippen LogP contribution is -2.34. The van der Waals surface area contributed by atoms with E-state index in [1.165, 1.54) is 0 Å². The van der Waals surface area contributed by atoms with E-state index in [9.17, 15) is 0 Å². The summed E-state index contributed by atoms with van der Waals surface area (Å²) in [7, 11) is 0. The normalized spacial score (nSPS) is 16.2. The van der Waals surface area contributed by atoms with Gasteiger partial charge in [0.05, 0.1) is 0 Å². The van der Waals surface area contributed by atoms with Crippen LogP contribution < -0.4 is 10.6 Å². The Morgan fingerprint density at radius 1 is 1.38 bits per heavy atom. The Bertz CT molecular complexity index is 403. The molecule has 5 heteroatoms. The number of hydrogen-bond donors (Lipinski definition) is 1. The van der Waals surface area contributed by atoms with Crippen molar-refractivity contribution in [1.82, 2.24) is 0 Å². The Balaban J connectivity index is 2.34.